The summed E-state index contributed by atoms with van der Waals surface area (Å²) in [5, 5.41) is 3.57. The van der Waals surface area contributed by atoms with Crippen LogP contribution in [0.2, 0.25) is 0 Å². The molecule has 0 fully saturated rings. The minimum atomic E-state index is 0.327. The summed E-state index contributed by atoms with van der Waals surface area (Å²) in [7, 11) is 0. The summed E-state index contributed by atoms with van der Waals surface area (Å²) in [6, 6.07) is 11.3. The van der Waals surface area contributed by atoms with Crippen molar-refractivity contribution in [3.8, 4) is 0 Å². The molecule has 0 aliphatic carbocycles. The van der Waals surface area contributed by atoms with Crippen LogP contribution < -0.4 is 5.32 Å². The standard InChI is InChI=1S/C18H24N2/c1-5-19-18(16-9-8-15(4)20-12-16)11-17-10-13(2)6-7-14(17)3/h6-10,12,18-19H,5,11H2,1-4H3. The van der Waals surface area contributed by atoms with E-state index in [0.29, 0.717) is 6.04 Å². The number of nitrogens with one attached hydrogen (secondary N) is 1. The number of pyridine rings is 1. The molecule has 1 N–H and O–H groups in total. The molecular weight excluding hydrogens is 244 g/mol. The Morgan fingerprint density at radius 2 is 1.90 bits per heavy atom. The molecule has 2 nitrogen and oxygen atoms in total. The number of benzene rings is 1. The fourth-order valence-corrected chi connectivity index (χ4v) is 2.48. The maximum Gasteiger partial charge on any atom is 0.0376 e. The Labute approximate surface area is 122 Å². The van der Waals surface area contributed by atoms with E-state index in [2.05, 4.69) is 61.4 Å². The molecule has 1 aromatic heterocycles. The molecule has 1 aromatic carbocycles. The summed E-state index contributed by atoms with van der Waals surface area (Å²) in [6.45, 7) is 9.47. The van der Waals surface area contributed by atoms with E-state index in [-0.39, 0.29) is 0 Å². The molecule has 0 aliphatic rings. The number of aromatic nitrogens is 1. The highest BCUT2D eigenvalue weighted by molar-refractivity contribution is 5.32. The zero-order valence-corrected chi connectivity index (χ0v) is 12.9. The van der Waals surface area contributed by atoms with E-state index >= 15 is 0 Å². The Kier molecular flexibility index (Phi) is 4.91. The van der Waals surface area contributed by atoms with Crippen molar-refractivity contribution in [2.24, 2.45) is 0 Å². The summed E-state index contributed by atoms with van der Waals surface area (Å²) in [6.07, 6.45) is 3.00. The fraction of sp³-hybridized carbons (Fsp3) is 0.389. The lowest BCUT2D eigenvalue weighted by molar-refractivity contribution is 0.547. The lowest BCUT2D eigenvalue weighted by Gasteiger charge is -2.20. The zero-order valence-electron chi connectivity index (χ0n) is 12.9. The van der Waals surface area contributed by atoms with Gasteiger partial charge in [0.25, 0.3) is 0 Å². The van der Waals surface area contributed by atoms with Crippen LogP contribution in [0.3, 0.4) is 0 Å². The van der Waals surface area contributed by atoms with Crippen LogP contribution in [-0.4, -0.2) is 11.5 Å². The van der Waals surface area contributed by atoms with E-state index in [9.17, 15) is 0 Å². The lowest BCUT2D eigenvalue weighted by Crippen LogP contribution is -2.23. The molecule has 0 radical (unpaired) electrons. The number of hydrogen-bond donors (Lipinski definition) is 1. The summed E-state index contributed by atoms with van der Waals surface area (Å²) < 4.78 is 0. The third-order valence-corrected chi connectivity index (χ3v) is 3.72. The number of nitrogens with zero attached hydrogens (tertiary/aromatic N) is 1. The third kappa shape index (κ3) is 3.67. The largest absolute Gasteiger partial charge is 0.310 e. The molecule has 0 amide bonds. The molecule has 0 aliphatic heterocycles. The Morgan fingerprint density at radius 1 is 1.10 bits per heavy atom. The van der Waals surface area contributed by atoms with Gasteiger partial charge in [0.05, 0.1) is 0 Å². The van der Waals surface area contributed by atoms with Gasteiger partial charge in [-0.2, -0.15) is 0 Å². The number of rotatable bonds is 5. The van der Waals surface area contributed by atoms with Crippen LogP contribution in [0.15, 0.2) is 36.5 Å². The fourth-order valence-electron chi connectivity index (χ4n) is 2.48. The first-order valence-electron chi connectivity index (χ1n) is 7.32. The Hall–Kier alpha value is -1.67. The second kappa shape index (κ2) is 6.67. The van der Waals surface area contributed by atoms with Crippen LogP contribution in [0.5, 0.6) is 0 Å². The van der Waals surface area contributed by atoms with Crippen molar-refractivity contribution >= 4 is 0 Å². The van der Waals surface area contributed by atoms with Crippen LogP contribution in [0.25, 0.3) is 0 Å². The predicted octanol–water partition coefficient (Wildman–Crippen LogP) is 3.90. The summed E-state index contributed by atoms with van der Waals surface area (Å²) in [5.41, 5.74) is 6.42. The van der Waals surface area contributed by atoms with Gasteiger partial charge >= 0.3 is 0 Å². The van der Waals surface area contributed by atoms with Crippen LogP contribution in [0.4, 0.5) is 0 Å². The normalized spacial score (nSPS) is 12.4. The van der Waals surface area contributed by atoms with Gasteiger partial charge in [0.2, 0.25) is 0 Å². The van der Waals surface area contributed by atoms with Crippen molar-refractivity contribution in [1.82, 2.24) is 10.3 Å². The van der Waals surface area contributed by atoms with Gasteiger partial charge in [-0.25, -0.2) is 0 Å². The third-order valence-electron chi connectivity index (χ3n) is 3.72. The molecule has 1 atom stereocenters. The van der Waals surface area contributed by atoms with Gasteiger partial charge in [0.15, 0.2) is 0 Å². The zero-order chi connectivity index (χ0) is 14.5. The Bertz CT molecular complexity index is 558. The van der Waals surface area contributed by atoms with Gasteiger partial charge in [-0.15, -0.1) is 0 Å². The highest BCUT2D eigenvalue weighted by Gasteiger charge is 2.13. The van der Waals surface area contributed by atoms with Gasteiger partial charge < -0.3 is 5.32 Å². The van der Waals surface area contributed by atoms with Crippen molar-refractivity contribution in [1.29, 1.82) is 0 Å². The molecule has 106 valence electrons. The maximum atomic E-state index is 4.42. The molecule has 0 saturated heterocycles. The molecule has 2 heteroatoms. The maximum absolute atomic E-state index is 4.42. The van der Waals surface area contributed by atoms with Crippen LogP contribution in [0, 0.1) is 20.8 Å². The molecule has 1 heterocycles. The molecule has 0 spiro atoms. The van der Waals surface area contributed by atoms with E-state index in [1.807, 2.05) is 13.1 Å². The van der Waals surface area contributed by atoms with E-state index in [0.717, 1.165) is 18.7 Å². The van der Waals surface area contributed by atoms with Gasteiger partial charge in [-0.3, -0.25) is 4.98 Å². The smallest absolute Gasteiger partial charge is 0.0376 e. The first-order valence-corrected chi connectivity index (χ1v) is 7.32. The average molecular weight is 268 g/mol. The lowest BCUT2D eigenvalue weighted by atomic mass is 9.95. The quantitative estimate of drug-likeness (QED) is 0.889. The monoisotopic (exact) mass is 268 g/mol. The topological polar surface area (TPSA) is 24.9 Å². The van der Waals surface area contributed by atoms with E-state index in [1.165, 1.54) is 22.3 Å². The van der Waals surface area contributed by atoms with Crippen LogP contribution in [-0.2, 0) is 6.42 Å². The SMILES string of the molecule is CCNC(Cc1cc(C)ccc1C)c1ccc(C)nc1. The minimum Gasteiger partial charge on any atom is -0.310 e. The first-order chi connectivity index (χ1) is 9.60. The summed E-state index contributed by atoms with van der Waals surface area (Å²) in [4.78, 5) is 4.42. The first kappa shape index (κ1) is 14.7. The van der Waals surface area contributed by atoms with Gasteiger partial charge in [0, 0.05) is 17.9 Å². The molecule has 2 aromatic rings. The number of hydrogen-bond acceptors (Lipinski definition) is 2. The van der Waals surface area contributed by atoms with Crippen molar-refractivity contribution in [2.75, 3.05) is 6.54 Å². The van der Waals surface area contributed by atoms with Crippen molar-refractivity contribution in [3.05, 3.63) is 64.5 Å². The second-order valence-corrected chi connectivity index (χ2v) is 5.48. The molecule has 1 unspecified atom stereocenters. The minimum absolute atomic E-state index is 0.327. The summed E-state index contributed by atoms with van der Waals surface area (Å²) >= 11 is 0. The molecule has 2 rings (SSSR count). The number of likely N-dealkylation sites (N-methyl/N-ethyl adjacent to an activating group) is 1. The molecular formula is C18H24N2. The number of aryl methyl sites for hydroxylation is 3. The van der Waals surface area contributed by atoms with Crippen LogP contribution >= 0.6 is 0 Å². The predicted molar refractivity (Wildman–Crippen MR) is 85.0 cm³/mol. The Morgan fingerprint density at radius 3 is 2.55 bits per heavy atom. The van der Waals surface area contributed by atoms with Crippen molar-refractivity contribution in [2.45, 2.75) is 40.2 Å². The van der Waals surface area contributed by atoms with E-state index in [4.69, 9.17) is 0 Å². The second-order valence-electron chi connectivity index (χ2n) is 5.48. The van der Waals surface area contributed by atoms with E-state index in [1.54, 1.807) is 0 Å². The Balaban J connectivity index is 2.25. The molecule has 0 bridgehead atoms. The van der Waals surface area contributed by atoms with Crippen molar-refractivity contribution in [3.63, 3.8) is 0 Å². The van der Waals surface area contributed by atoms with Gasteiger partial charge in [-0.1, -0.05) is 36.8 Å². The summed E-state index contributed by atoms with van der Waals surface area (Å²) in [5.74, 6) is 0. The van der Waals surface area contributed by atoms with Crippen molar-refractivity contribution < 1.29 is 0 Å². The highest BCUT2D eigenvalue weighted by atomic mass is 14.9. The molecule has 20 heavy (non-hydrogen) atoms. The van der Waals surface area contributed by atoms with E-state index < -0.39 is 0 Å². The molecule has 0 saturated carbocycles. The highest BCUT2D eigenvalue weighted by Crippen LogP contribution is 2.21. The van der Waals surface area contributed by atoms with Gasteiger partial charge in [-0.05, 0) is 56.5 Å². The van der Waals surface area contributed by atoms with Gasteiger partial charge in [0.1, 0.15) is 0 Å². The average Bonchev–Trinajstić information content (AvgIpc) is 2.43. The van der Waals surface area contributed by atoms with Crippen LogP contribution in [0.1, 0.15) is 40.9 Å².